The van der Waals surface area contributed by atoms with Crippen LogP contribution in [-0.4, -0.2) is 21.1 Å². The van der Waals surface area contributed by atoms with Crippen LogP contribution in [0.3, 0.4) is 0 Å². The Morgan fingerprint density at radius 2 is 2.05 bits per heavy atom. The van der Waals surface area contributed by atoms with Crippen LogP contribution in [0.5, 0.6) is 5.75 Å². The number of alkyl halides is 3. The lowest BCUT2D eigenvalue weighted by Gasteiger charge is -2.12. The van der Waals surface area contributed by atoms with E-state index in [0.29, 0.717) is 17.9 Å². The van der Waals surface area contributed by atoms with Gasteiger partial charge in [-0.2, -0.15) is 0 Å². The summed E-state index contributed by atoms with van der Waals surface area (Å²) in [5, 5.41) is 7.74. The maximum atomic E-state index is 12.2. The maximum absolute atomic E-state index is 12.2. The SMILES string of the molecule is CCc1nnc(Cl)n1-c1ccc(OC(F)(F)F)c(Br)c1. The number of nitrogens with zero attached hydrogens (tertiary/aromatic N) is 3. The molecule has 0 radical (unpaired) electrons. The van der Waals surface area contributed by atoms with Gasteiger partial charge in [-0.05, 0) is 45.7 Å². The van der Waals surface area contributed by atoms with E-state index >= 15 is 0 Å². The predicted octanol–water partition coefficient (Wildman–Crippen LogP) is 4.14. The number of hydrogen-bond donors (Lipinski definition) is 0. The molecule has 1 aromatic carbocycles. The molecule has 0 N–H and O–H groups in total. The molecule has 0 saturated heterocycles. The molecular formula is C11H8BrClF3N3O. The van der Waals surface area contributed by atoms with Crippen molar-refractivity contribution in [1.29, 1.82) is 0 Å². The number of ether oxygens (including phenoxy) is 1. The Labute approximate surface area is 125 Å². The molecule has 20 heavy (non-hydrogen) atoms. The van der Waals surface area contributed by atoms with Crippen LogP contribution in [0.4, 0.5) is 13.2 Å². The summed E-state index contributed by atoms with van der Waals surface area (Å²) < 4.78 is 42.1. The van der Waals surface area contributed by atoms with Crippen LogP contribution >= 0.6 is 27.5 Å². The normalized spacial score (nSPS) is 11.7. The van der Waals surface area contributed by atoms with Gasteiger partial charge in [-0.1, -0.05) is 6.92 Å². The molecule has 0 aliphatic carbocycles. The fourth-order valence-electron chi connectivity index (χ4n) is 1.62. The molecule has 2 aromatic rings. The highest BCUT2D eigenvalue weighted by Crippen LogP contribution is 2.32. The van der Waals surface area contributed by atoms with Gasteiger partial charge in [-0.15, -0.1) is 23.4 Å². The molecule has 1 aromatic heterocycles. The van der Waals surface area contributed by atoms with Gasteiger partial charge in [0.2, 0.25) is 5.28 Å². The zero-order valence-electron chi connectivity index (χ0n) is 10.1. The van der Waals surface area contributed by atoms with E-state index in [4.69, 9.17) is 11.6 Å². The van der Waals surface area contributed by atoms with Gasteiger partial charge in [0, 0.05) is 6.42 Å². The standard InChI is InChI=1S/C11H8BrClF3N3O/c1-2-9-17-18-10(13)19(9)6-3-4-8(7(12)5-6)20-11(14,15)16/h3-5H,2H2,1H3. The molecule has 9 heteroatoms. The minimum Gasteiger partial charge on any atom is -0.405 e. The Kier molecular flexibility index (Phi) is 4.24. The number of aryl methyl sites for hydroxylation is 1. The molecular weight excluding hydrogens is 362 g/mol. The molecule has 0 fully saturated rings. The van der Waals surface area contributed by atoms with Crippen LogP contribution in [0.1, 0.15) is 12.7 Å². The number of rotatable bonds is 3. The average molecular weight is 371 g/mol. The van der Waals surface area contributed by atoms with Gasteiger partial charge in [0.15, 0.2) is 0 Å². The minimum atomic E-state index is -4.74. The van der Waals surface area contributed by atoms with Gasteiger partial charge >= 0.3 is 6.36 Å². The second-order valence-electron chi connectivity index (χ2n) is 3.74. The second-order valence-corrected chi connectivity index (χ2v) is 4.93. The van der Waals surface area contributed by atoms with Crippen LogP contribution in [0, 0.1) is 0 Å². The van der Waals surface area contributed by atoms with E-state index in [2.05, 4.69) is 30.9 Å². The first kappa shape index (κ1) is 15.1. The highest BCUT2D eigenvalue weighted by molar-refractivity contribution is 9.10. The van der Waals surface area contributed by atoms with Gasteiger partial charge < -0.3 is 4.74 Å². The fraction of sp³-hybridized carbons (Fsp3) is 0.273. The summed E-state index contributed by atoms with van der Waals surface area (Å²) in [5.41, 5.74) is 0.540. The Bertz CT molecular complexity index is 630. The summed E-state index contributed by atoms with van der Waals surface area (Å²) in [5.74, 6) is 0.273. The third-order valence-corrected chi connectivity index (χ3v) is 3.27. The van der Waals surface area contributed by atoms with E-state index < -0.39 is 6.36 Å². The van der Waals surface area contributed by atoms with Crippen molar-refractivity contribution >= 4 is 27.5 Å². The number of halogens is 5. The summed E-state index contributed by atoms with van der Waals surface area (Å²) >= 11 is 8.95. The molecule has 1 heterocycles. The summed E-state index contributed by atoms with van der Waals surface area (Å²) in [7, 11) is 0. The monoisotopic (exact) mass is 369 g/mol. The van der Waals surface area contributed by atoms with Crippen LogP contribution in [-0.2, 0) is 6.42 Å². The Morgan fingerprint density at radius 1 is 1.35 bits per heavy atom. The summed E-state index contributed by atoms with van der Waals surface area (Å²) in [6.07, 6.45) is -4.16. The van der Waals surface area contributed by atoms with Crippen molar-refractivity contribution in [2.24, 2.45) is 0 Å². The van der Waals surface area contributed by atoms with E-state index in [1.54, 1.807) is 4.57 Å². The van der Waals surface area contributed by atoms with Gasteiger partial charge in [0.25, 0.3) is 0 Å². The Morgan fingerprint density at radius 3 is 2.60 bits per heavy atom. The van der Waals surface area contributed by atoms with Crippen molar-refractivity contribution in [1.82, 2.24) is 14.8 Å². The molecule has 108 valence electrons. The quantitative estimate of drug-likeness (QED) is 0.815. The molecule has 0 atom stereocenters. The third-order valence-electron chi connectivity index (χ3n) is 2.41. The smallest absolute Gasteiger partial charge is 0.405 e. The van der Waals surface area contributed by atoms with Gasteiger partial charge in [0.05, 0.1) is 10.2 Å². The van der Waals surface area contributed by atoms with E-state index in [-0.39, 0.29) is 15.5 Å². The fourth-order valence-corrected chi connectivity index (χ4v) is 2.30. The summed E-state index contributed by atoms with van der Waals surface area (Å²) in [4.78, 5) is 0. The molecule has 0 saturated carbocycles. The molecule has 0 bridgehead atoms. The Hall–Kier alpha value is -1.28. The zero-order chi connectivity index (χ0) is 14.9. The van der Waals surface area contributed by atoms with Gasteiger partial charge in [-0.25, -0.2) is 0 Å². The molecule has 0 aliphatic rings. The van der Waals surface area contributed by atoms with Crippen molar-refractivity contribution in [2.45, 2.75) is 19.7 Å². The largest absolute Gasteiger partial charge is 0.573 e. The van der Waals surface area contributed by atoms with E-state index in [9.17, 15) is 13.2 Å². The van der Waals surface area contributed by atoms with Crippen molar-refractivity contribution in [2.75, 3.05) is 0 Å². The number of hydrogen-bond acceptors (Lipinski definition) is 3. The number of aromatic nitrogens is 3. The molecule has 4 nitrogen and oxygen atoms in total. The van der Waals surface area contributed by atoms with Crippen LogP contribution < -0.4 is 4.74 Å². The summed E-state index contributed by atoms with van der Waals surface area (Å²) in [6, 6.07) is 4.10. The predicted molar refractivity (Wildman–Crippen MR) is 70.1 cm³/mol. The van der Waals surface area contributed by atoms with Crippen molar-refractivity contribution in [3.63, 3.8) is 0 Å². The molecule has 0 unspecified atom stereocenters. The average Bonchev–Trinajstić information content (AvgIpc) is 2.71. The first-order valence-corrected chi connectivity index (χ1v) is 6.64. The van der Waals surface area contributed by atoms with Gasteiger partial charge in [-0.3, -0.25) is 4.57 Å². The maximum Gasteiger partial charge on any atom is 0.573 e. The van der Waals surface area contributed by atoms with E-state index in [1.165, 1.54) is 18.2 Å². The topological polar surface area (TPSA) is 39.9 Å². The molecule has 2 rings (SSSR count). The van der Waals surface area contributed by atoms with Crippen LogP contribution in [0.2, 0.25) is 5.28 Å². The Balaban J connectivity index is 2.41. The van der Waals surface area contributed by atoms with Crippen molar-refractivity contribution < 1.29 is 17.9 Å². The van der Waals surface area contributed by atoms with Gasteiger partial charge in [0.1, 0.15) is 11.6 Å². The zero-order valence-corrected chi connectivity index (χ0v) is 12.4. The molecule has 0 aliphatic heterocycles. The van der Waals surface area contributed by atoms with E-state index in [1.807, 2.05) is 6.92 Å². The van der Waals surface area contributed by atoms with Crippen molar-refractivity contribution in [3.8, 4) is 11.4 Å². The first-order chi connectivity index (χ1) is 9.31. The lowest BCUT2D eigenvalue weighted by atomic mass is 10.3. The van der Waals surface area contributed by atoms with E-state index in [0.717, 1.165) is 0 Å². The lowest BCUT2D eigenvalue weighted by molar-refractivity contribution is -0.274. The lowest BCUT2D eigenvalue weighted by Crippen LogP contribution is -2.17. The minimum absolute atomic E-state index is 0.137. The molecule has 0 amide bonds. The van der Waals surface area contributed by atoms with Crippen LogP contribution in [0.25, 0.3) is 5.69 Å². The highest BCUT2D eigenvalue weighted by atomic mass is 79.9. The third kappa shape index (κ3) is 3.24. The summed E-state index contributed by atoms with van der Waals surface area (Å²) in [6.45, 7) is 1.87. The van der Waals surface area contributed by atoms with Crippen molar-refractivity contribution in [3.05, 3.63) is 33.8 Å². The second kappa shape index (κ2) is 5.61. The highest BCUT2D eigenvalue weighted by Gasteiger charge is 2.32. The van der Waals surface area contributed by atoms with Crippen LogP contribution in [0.15, 0.2) is 22.7 Å². The first-order valence-electron chi connectivity index (χ1n) is 5.47. The molecule has 0 spiro atoms. The number of benzene rings is 1.